The van der Waals surface area contributed by atoms with Gasteiger partial charge in [-0.2, -0.15) is 0 Å². The predicted octanol–water partition coefficient (Wildman–Crippen LogP) is 2.74. The minimum Gasteiger partial charge on any atom is -0.293 e. The second-order valence-electron chi connectivity index (χ2n) is 6.78. The first-order valence-corrected chi connectivity index (χ1v) is 7.09. The molecule has 0 aliphatic carbocycles. The van der Waals surface area contributed by atoms with Gasteiger partial charge < -0.3 is 0 Å². The van der Waals surface area contributed by atoms with E-state index in [2.05, 4.69) is 60.9 Å². The number of nitrogens with zero attached hydrogens (tertiary/aromatic N) is 2. The van der Waals surface area contributed by atoms with Gasteiger partial charge in [-0.1, -0.05) is 30.3 Å². The molecule has 1 aromatic rings. The van der Waals surface area contributed by atoms with Crippen LogP contribution in [0.25, 0.3) is 0 Å². The molecule has 0 aromatic heterocycles. The number of piperazine rings is 1. The van der Waals surface area contributed by atoms with Gasteiger partial charge >= 0.3 is 0 Å². The van der Waals surface area contributed by atoms with Crippen LogP contribution >= 0.6 is 0 Å². The lowest BCUT2D eigenvalue weighted by atomic mass is 10.0. The van der Waals surface area contributed by atoms with Gasteiger partial charge in [0.2, 0.25) is 0 Å². The molecule has 2 nitrogen and oxygen atoms in total. The molecule has 2 fully saturated rings. The molecule has 2 aliphatic heterocycles. The molecule has 98 valence electrons. The molecular formula is C16H24N2. The van der Waals surface area contributed by atoms with Crippen molar-refractivity contribution in [3.63, 3.8) is 0 Å². The fourth-order valence-corrected chi connectivity index (χ4v) is 3.58. The quantitative estimate of drug-likeness (QED) is 0.789. The third kappa shape index (κ3) is 2.19. The smallest absolute Gasteiger partial charge is 0.0244 e. The van der Waals surface area contributed by atoms with Crippen molar-refractivity contribution < 1.29 is 0 Å². The summed E-state index contributed by atoms with van der Waals surface area (Å²) in [6.07, 6.45) is 1.37. The van der Waals surface area contributed by atoms with Crippen molar-refractivity contribution in [3.8, 4) is 0 Å². The standard InChI is InChI=1S/C16H24N2/c1-16(2,3)18-12-14-9-15(18)11-17(14)10-13-7-5-4-6-8-13/h4-8,14-15H,9-12H2,1-3H3/t14-,15-/m0/s1. The lowest BCUT2D eigenvalue weighted by Gasteiger charge is -2.42. The maximum atomic E-state index is 2.69. The first kappa shape index (κ1) is 12.2. The minimum absolute atomic E-state index is 0.332. The van der Waals surface area contributed by atoms with Gasteiger partial charge in [-0.25, -0.2) is 0 Å². The van der Waals surface area contributed by atoms with Crippen LogP contribution in [-0.2, 0) is 6.54 Å². The van der Waals surface area contributed by atoms with E-state index in [9.17, 15) is 0 Å². The molecule has 0 saturated carbocycles. The molecule has 2 atom stereocenters. The zero-order valence-electron chi connectivity index (χ0n) is 11.8. The second kappa shape index (κ2) is 4.36. The molecule has 2 bridgehead atoms. The van der Waals surface area contributed by atoms with Crippen molar-refractivity contribution >= 4 is 0 Å². The summed E-state index contributed by atoms with van der Waals surface area (Å²) in [6, 6.07) is 12.4. The summed E-state index contributed by atoms with van der Waals surface area (Å²) in [5, 5.41) is 0. The van der Waals surface area contributed by atoms with Crippen LogP contribution in [0.1, 0.15) is 32.8 Å². The largest absolute Gasteiger partial charge is 0.293 e. The monoisotopic (exact) mass is 244 g/mol. The van der Waals surface area contributed by atoms with Crippen molar-refractivity contribution in [1.82, 2.24) is 9.80 Å². The molecule has 0 amide bonds. The summed E-state index contributed by atoms with van der Waals surface area (Å²) in [4.78, 5) is 5.36. The predicted molar refractivity (Wildman–Crippen MR) is 75.5 cm³/mol. The van der Waals surface area contributed by atoms with Crippen LogP contribution in [0.3, 0.4) is 0 Å². The third-order valence-electron chi connectivity index (χ3n) is 4.44. The Labute approximate surface area is 111 Å². The van der Waals surface area contributed by atoms with E-state index in [4.69, 9.17) is 0 Å². The van der Waals surface area contributed by atoms with Gasteiger partial charge in [0.15, 0.2) is 0 Å². The zero-order valence-corrected chi connectivity index (χ0v) is 11.8. The zero-order chi connectivity index (χ0) is 12.8. The van der Waals surface area contributed by atoms with Gasteiger partial charge in [0.1, 0.15) is 0 Å². The Morgan fingerprint density at radius 1 is 1.06 bits per heavy atom. The van der Waals surface area contributed by atoms with Crippen LogP contribution in [0.15, 0.2) is 30.3 Å². The Morgan fingerprint density at radius 3 is 2.33 bits per heavy atom. The molecule has 2 heterocycles. The number of hydrogen-bond donors (Lipinski definition) is 0. The molecule has 1 aromatic carbocycles. The normalized spacial score (nSPS) is 29.1. The summed E-state index contributed by atoms with van der Waals surface area (Å²) in [6.45, 7) is 10.7. The van der Waals surface area contributed by atoms with Gasteiger partial charge in [0, 0.05) is 37.3 Å². The molecule has 2 saturated heterocycles. The summed E-state index contributed by atoms with van der Waals surface area (Å²) >= 11 is 0. The van der Waals surface area contributed by atoms with E-state index in [1.807, 2.05) is 0 Å². The van der Waals surface area contributed by atoms with Gasteiger partial charge in [-0.15, -0.1) is 0 Å². The lowest BCUT2D eigenvalue weighted by molar-refractivity contribution is 0.0545. The molecule has 0 radical (unpaired) electrons. The average molecular weight is 244 g/mol. The number of benzene rings is 1. The van der Waals surface area contributed by atoms with Crippen molar-refractivity contribution in [2.75, 3.05) is 13.1 Å². The average Bonchev–Trinajstić information content (AvgIpc) is 2.89. The van der Waals surface area contributed by atoms with Crippen LogP contribution in [0.2, 0.25) is 0 Å². The van der Waals surface area contributed by atoms with E-state index in [0.717, 1.165) is 18.6 Å². The highest BCUT2D eigenvalue weighted by molar-refractivity contribution is 5.16. The molecular weight excluding hydrogens is 220 g/mol. The molecule has 0 N–H and O–H groups in total. The molecule has 0 unspecified atom stereocenters. The van der Waals surface area contributed by atoms with Gasteiger partial charge in [-0.3, -0.25) is 9.80 Å². The van der Waals surface area contributed by atoms with E-state index < -0.39 is 0 Å². The van der Waals surface area contributed by atoms with Gasteiger partial charge in [-0.05, 0) is 32.8 Å². The first-order valence-electron chi connectivity index (χ1n) is 7.09. The summed E-state index contributed by atoms with van der Waals surface area (Å²) in [5.41, 5.74) is 1.78. The van der Waals surface area contributed by atoms with Crippen LogP contribution < -0.4 is 0 Å². The van der Waals surface area contributed by atoms with E-state index in [1.165, 1.54) is 25.1 Å². The highest BCUT2D eigenvalue weighted by atomic mass is 15.4. The summed E-state index contributed by atoms with van der Waals surface area (Å²) < 4.78 is 0. The van der Waals surface area contributed by atoms with Crippen LogP contribution in [-0.4, -0.2) is 40.5 Å². The van der Waals surface area contributed by atoms with E-state index in [0.29, 0.717) is 5.54 Å². The Kier molecular flexibility index (Phi) is 2.95. The topological polar surface area (TPSA) is 6.48 Å². The molecule has 0 spiro atoms. The van der Waals surface area contributed by atoms with Crippen molar-refractivity contribution in [1.29, 1.82) is 0 Å². The Balaban J connectivity index is 1.64. The molecule has 3 rings (SSSR count). The van der Waals surface area contributed by atoms with Crippen molar-refractivity contribution in [2.45, 2.75) is 51.4 Å². The fourth-order valence-electron chi connectivity index (χ4n) is 3.58. The fraction of sp³-hybridized carbons (Fsp3) is 0.625. The number of rotatable bonds is 2. The molecule has 18 heavy (non-hydrogen) atoms. The third-order valence-corrected chi connectivity index (χ3v) is 4.44. The van der Waals surface area contributed by atoms with E-state index >= 15 is 0 Å². The van der Waals surface area contributed by atoms with E-state index in [1.54, 1.807) is 0 Å². The maximum absolute atomic E-state index is 2.69. The Morgan fingerprint density at radius 2 is 1.78 bits per heavy atom. The highest BCUT2D eigenvalue weighted by Gasteiger charge is 2.46. The first-order chi connectivity index (χ1) is 8.54. The SMILES string of the molecule is CC(C)(C)N1C[C@@H]2C[C@H]1CN2Cc1ccccc1. The van der Waals surface area contributed by atoms with Gasteiger partial charge in [0.25, 0.3) is 0 Å². The highest BCUT2D eigenvalue weighted by Crippen LogP contribution is 2.36. The van der Waals surface area contributed by atoms with Crippen molar-refractivity contribution in [2.24, 2.45) is 0 Å². The Bertz CT molecular complexity index is 407. The maximum Gasteiger partial charge on any atom is 0.0244 e. The molecule has 2 aliphatic rings. The molecule has 2 heteroatoms. The number of fused-ring (bicyclic) bond motifs is 2. The second-order valence-corrected chi connectivity index (χ2v) is 6.78. The van der Waals surface area contributed by atoms with Gasteiger partial charge in [0.05, 0.1) is 0 Å². The van der Waals surface area contributed by atoms with Crippen LogP contribution in [0.5, 0.6) is 0 Å². The Hall–Kier alpha value is -0.860. The summed E-state index contributed by atoms with van der Waals surface area (Å²) in [7, 11) is 0. The van der Waals surface area contributed by atoms with Crippen molar-refractivity contribution in [3.05, 3.63) is 35.9 Å². The summed E-state index contributed by atoms with van der Waals surface area (Å²) in [5.74, 6) is 0. The lowest BCUT2D eigenvalue weighted by Crippen LogP contribution is -2.53. The van der Waals surface area contributed by atoms with Crippen LogP contribution in [0.4, 0.5) is 0 Å². The minimum atomic E-state index is 0.332. The number of likely N-dealkylation sites (tertiary alicyclic amines) is 2. The van der Waals surface area contributed by atoms with Crippen LogP contribution in [0, 0.1) is 0 Å². The van der Waals surface area contributed by atoms with E-state index in [-0.39, 0.29) is 0 Å². The number of hydrogen-bond acceptors (Lipinski definition) is 2.